The van der Waals surface area contributed by atoms with Gasteiger partial charge in [0.15, 0.2) is 0 Å². The van der Waals surface area contributed by atoms with Crippen molar-refractivity contribution in [2.45, 2.75) is 6.42 Å². The topological polar surface area (TPSA) is 78.1 Å². The molecule has 1 aliphatic heterocycles. The van der Waals surface area contributed by atoms with Gasteiger partial charge in [0.05, 0.1) is 17.6 Å². The lowest BCUT2D eigenvalue weighted by atomic mass is 10.0. The summed E-state index contributed by atoms with van der Waals surface area (Å²) in [5.41, 5.74) is 4.81. The highest BCUT2D eigenvalue weighted by Crippen LogP contribution is 2.27. The number of rotatable bonds is 4. The molecule has 4 rings (SSSR count). The van der Waals surface area contributed by atoms with Crippen molar-refractivity contribution < 1.29 is 9.59 Å². The van der Waals surface area contributed by atoms with Crippen LogP contribution in [0.3, 0.4) is 0 Å². The summed E-state index contributed by atoms with van der Waals surface area (Å²) >= 11 is 0. The van der Waals surface area contributed by atoms with E-state index in [9.17, 15) is 9.59 Å². The molecule has 136 valence electrons. The highest BCUT2D eigenvalue weighted by molar-refractivity contribution is 5.96. The molecule has 3 heterocycles. The first-order valence-corrected chi connectivity index (χ1v) is 8.95. The number of pyridine rings is 1. The maximum absolute atomic E-state index is 12.4. The number of aromatic amines is 1. The average Bonchev–Trinajstić information content (AvgIpc) is 3.16. The summed E-state index contributed by atoms with van der Waals surface area (Å²) in [6.45, 7) is 1.17. The van der Waals surface area contributed by atoms with Crippen molar-refractivity contribution >= 4 is 28.4 Å². The lowest BCUT2D eigenvalue weighted by Gasteiger charge is -2.26. The normalized spacial score (nSPS) is 14.1. The second kappa shape index (κ2) is 7.45. The Hall–Kier alpha value is -3.41. The van der Waals surface area contributed by atoms with Crippen LogP contribution in [0.25, 0.3) is 16.6 Å². The number of nitrogens with zero attached hydrogens (tertiary/aromatic N) is 2. The third-order valence-electron chi connectivity index (χ3n) is 4.78. The van der Waals surface area contributed by atoms with Gasteiger partial charge in [-0.2, -0.15) is 0 Å². The van der Waals surface area contributed by atoms with E-state index in [4.69, 9.17) is 0 Å². The number of fused-ring (bicyclic) bond motifs is 1. The lowest BCUT2D eigenvalue weighted by molar-refractivity contribution is -0.129. The molecule has 27 heavy (non-hydrogen) atoms. The van der Waals surface area contributed by atoms with E-state index in [2.05, 4.69) is 21.4 Å². The van der Waals surface area contributed by atoms with Gasteiger partial charge in [-0.05, 0) is 36.3 Å². The average molecular weight is 360 g/mol. The van der Waals surface area contributed by atoms with Crippen LogP contribution in [0.5, 0.6) is 0 Å². The maximum atomic E-state index is 12.4. The predicted octanol–water partition coefficient (Wildman–Crippen LogP) is 2.61. The molecule has 0 spiro atoms. The minimum Gasteiger partial charge on any atom is -0.359 e. The third-order valence-corrected chi connectivity index (χ3v) is 4.78. The quantitative estimate of drug-likeness (QED) is 0.751. The molecule has 3 aromatic rings. The van der Waals surface area contributed by atoms with E-state index in [1.807, 2.05) is 24.4 Å². The predicted molar refractivity (Wildman–Crippen MR) is 104 cm³/mol. The summed E-state index contributed by atoms with van der Waals surface area (Å²) in [6, 6.07) is 12.8. The van der Waals surface area contributed by atoms with E-state index in [1.165, 1.54) is 5.57 Å². The first-order valence-electron chi connectivity index (χ1n) is 8.95. The third kappa shape index (κ3) is 3.60. The molecule has 0 fully saturated rings. The Kier molecular flexibility index (Phi) is 4.70. The molecule has 0 unspecified atom stereocenters. The molecule has 0 aliphatic carbocycles. The van der Waals surface area contributed by atoms with Crippen LogP contribution in [0.4, 0.5) is 0 Å². The van der Waals surface area contributed by atoms with Crippen molar-refractivity contribution in [3.8, 4) is 0 Å². The summed E-state index contributed by atoms with van der Waals surface area (Å²) in [5, 5.41) is 2.69. The molecule has 0 radical (unpaired) electrons. The van der Waals surface area contributed by atoms with E-state index in [0.29, 0.717) is 18.7 Å². The Morgan fingerprint density at radius 3 is 2.78 bits per heavy atom. The monoisotopic (exact) mass is 360 g/mol. The molecule has 2 amide bonds. The van der Waals surface area contributed by atoms with E-state index in [0.717, 1.165) is 23.0 Å². The molecule has 6 nitrogen and oxygen atoms in total. The van der Waals surface area contributed by atoms with Gasteiger partial charge in [-0.25, -0.2) is 0 Å². The zero-order chi connectivity index (χ0) is 18.6. The van der Waals surface area contributed by atoms with Crippen molar-refractivity contribution in [1.82, 2.24) is 20.2 Å². The van der Waals surface area contributed by atoms with Gasteiger partial charge in [0.1, 0.15) is 0 Å². The zero-order valence-corrected chi connectivity index (χ0v) is 14.8. The second-order valence-corrected chi connectivity index (χ2v) is 6.47. The molecule has 1 aliphatic rings. The Balaban J connectivity index is 1.37. The molecule has 2 N–H and O–H groups in total. The smallest absolute Gasteiger partial charge is 0.251 e. The summed E-state index contributed by atoms with van der Waals surface area (Å²) in [7, 11) is 0. The molecular weight excluding hydrogens is 340 g/mol. The molecule has 2 aromatic heterocycles. The number of nitrogens with one attached hydrogen (secondary N) is 2. The van der Waals surface area contributed by atoms with Crippen LogP contribution in [0.15, 0.2) is 60.9 Å². The minimum absolute atomic E-state index is 0.00550. The van der Waals surface area contributed by atoms with Crippen LogP contribution >= 0.6 is 0 Å². The first kappa shape index (κ1) is 17.0. The molecule has 0 saturated heterocycles. The molecular formula is C21H20N4O2. The highest BCUT2D eigenvalue weighted by atomic mass is 16.2. The van der Waals surface area contributed by atoms with Crippen LogP contribution < -0.4 is 5.32 Å². The SMILES string of the molecule is O=C(NCC(=O)N1CC=C(c2c[nH]c3cccnc23)CC1)c1ccccc1. The van der Waals surface area contributed by atoms with Crippen LogP contribution in [-0.4, -0.2) is 46.3 Å². The summed E-state index contributed by atoms with van der Waals surface area (Å²) in [5.74, 6) is -0.311. The largest absolute Gasteiger partial charge is 0.359 e. The van der Waals surface area contributed by atoms with Gasteiger partial charge in [0, 0.05) is 36.6 Å². The first-order chi connectivity index (χ1) is 13.2. The number of hydrogen-bond donors (Lipinski definition) is 2. The van der Waals surface area contributed by atoms with Crippen LogP contribution in [0.1, 0.15) is 22.3 Å². The number of amides is 2. The highest BCUT2D eigenvalue weighted by Gasteiger charge is 2.20. The fraction of sp³-hybridized carbons (Fsp3) is 0.190. The van der Waals surface area contributed by atoms with Gasteiger partial charge < -0.3 is 15.2 Å². The molecule has 1 aromatic carbocycles. The van der Waals surface area contributed by atoms with Crippen molar-refractivity contribution in [3.63, 3.8) is 0 Å². The fourth-order valence-corrected chi connectivity index (χ4v) is 3.30. The van der Waals surface area contributed by atoms with E-state index >= 15 is 0 Å². The number of benzene rings is 1. The van der Waals surface area contributed by atoms with Gasteiger partial charge >= 0.3 is 0 Å². The van der Waals surface area contributed by atoms with Crippen molar-refractivity contribution in [2.24, 2.45) is 0 Å². The summed E-state index contributed by atoms with van der Waals surface area (Å²) in [6.07, 6.45) is 6.59. The van der Waals surface area contributed by atoms with Crippen LogP contribution in [0.2, 0.25) is 0 Å². The van der Waals surface area contributed by atoms with E-state index in [-0.39, 0.29) is 18.4 Å². The van der Waals surface area contributed by atoms with E-state index in [1.54, 1.807) is 35.4 Å². The fourth-order valence-electron chi connectivity index (χ4n) is 3.30. The Morgan fingerprint density at radius 2 is 2.00 bits per heavy atom. The standard InChI is InChI=1S/C21H20N4O2/c26-19(14-24-21(27)16-5-2-1-3-6-16)25-11-8-15(9-12-25)17-13-23-18-7-4-10-22-20(17)18/h1-8,10,13,23H,9,11-12,14H2,(H,24,27). The number of carbonyl (C=O) groups excluding carboxylic acids is 2. The molecule has 0 atom stereocenters. The zero-order valence-electron chi connectivity index (χ0n) is 14.8. The van der Waals surface area contributed by atoms with Crippen molar-refractivity contribution in [3.05, 3.63) is 72.1 Å². The van der Waals surface area contributed by atoms with Gasteiger partial charge in [-0.15, -0.1) is 0 Å². The van der Waals surface area contributed by atoms with Crippen molar-refractivity contribution in [2.75, 3.05) is 19.6 Å². The van der Waals surface area contributed by atoms with Gasteiger partial charge in [0.25, 0.3) is 5.91 Å². The Bertz CT molecular complexity index is 1010. The van der Waals surface area contributed by atoms with E-state index < -0.39 is 0 Å². The molecule has 6 heteroatoms. The van der Waals surface area contributed by atoms with Gasteiger partial charge in [-0.3, -0.25) is 14.6 Å². The van der Waals surface area contributed by atoms with Gasteiger partial charge in [0.2, 0.25) is 5.91 Å². The Labute approximate surface area is 156 Å². The lowest BCUT2D eigenvalue weighted by Crippen LogP contribution is -2.42. The van der Waals surface area contributed by atoms with Crippen LogP contribution in [-0.2, 0) is 4.79 Å². The maximum Gasteiger partial charge on any atom is 0.251 e. The molecule has 0 bridgehead atoms. The minimum atomic E-state index is -0.234. The number of hydrogen-bond acceptors (Lipinski definition) is 3. The molecule has 0 saturated carbocycles. The number of carbonyl (C=O) groups is 2. The summed E-state index contributed by atoms with van der Waals surface area (Å²) in [4.78, 5) is 33.9. The summed E-state index contributed by atoms with van der Waals surface area (Å²) < 4.78 is 0. The van der Waals surface area contributed by atoms with Crippen LogP contribution in [0, 0.1) is 0 Å². The number of aromatic nitrogens is 2. The van der Waals surface area contributed by atoms with Gasteiger partial charge in [-0.1, -0.05) is 24.3 Å². The second-order valence-electron chi connectivity index (χ2n) is 6.47. The Morgan fingerprint density at radius 1 is 1.15 bits per heavy atom. The number of H-pyrrole nitrogens is 1. The van der Waals surface area contributed by atoms with Crippen molar-refractivity contribution in [1.29, 1.82) is 0 Å².